The van der Waals surface area contributed by atoms with Crippen LogP contribution < -0.4 is 0 Å². The van der Waals surface area contributed by atoms with Gasteiger partial charge in [0.25, 0.3) is 0 Å². The first-order chi connectivity index (χ1) is 38.5. The van der Waals surface area contributed by atoms with E-state index in [2.05, 4.69) is 69.4 Å². The number of unbranched alkanes of at least 4 members (excludes halogenated alkanes) is 43. The minimum Gasteiger partial charge on any atom is -0.462 e. The maximum Gasteiger partial charge on any atom is 0.309 e. The summed E-state index contributed by atoms with van der Waals surface area (Å²) >= 11 is 0. The summed E-state index contributed by atoms with van der Waals surface area (Å²) in [5.74, 6) is -1.01. The zero-order valence-corrected chi connectivity index (χ0v) is 52.2. The minimum atomic E-state index is -0.812. The summed E-state index contributed by atoms with van der Waals surface area (Å²) in [7, 11) is 0. The summed E-state index contributed by atoms with van der Waals surface area (Å²) < 4.78 is 16.9. The van der Waals surface area contributed by atoms with E-state index in [4.69, 9.17) is 14.2 Å². The number of carbonyl (C=O) groups excluding carboxylic acids is 3. The van der Waals surface area contributed by atoms with Crippen LogP contribution in [0.3, 0.4) is 0 Å². The Bertz CT molecular complexity index is 1390. The van der Waals surface area contributed by atoms with Crippen molar-refractivity contribution in [3.05, 3.63) is 60.8 Å². The van der Waals surface area contributed by atoms with Gasteiger partial charge in [-0.25, -0.2) is 0 Å². The second kappa shape index (κ2) is 66.6. The normalized spacial score (nSPS) is 12.4. The van der Waals surface area contributed by atoms with Crippen LogP contribution in [-0.4, -0.2) is 37.2 Å². The third-order valence-corrected chi connectivity index (χ3v) is 15.3. The van der Waals surface area contributed by atoms with Crippen molar-refractivity contribution in [1.82, 2.24) is 0 Å². The van der Waals surface area contributed by atoms with E-state index in [-0.39, 0.29) is 31.6 Å². The van der Waals surface area contributed by atoms with Gasteiger partial charge in [-0.05, 0) is 44.9 Å². The molecule has 0 radical (unpaired) electrons. The highest BCUT2D eigenvalue weighted by atomic mass is 16.6. The van der Waals surface area contributed by atoms with Gasteiger partial charge in [-0.2, -0.15) is 0 Å². The van der Waals surface area contributed by atoms with Gasteiger partial charge in [-0.15, -0.1) is 0 Å². The molecule has 0 aromatic heterocycles. The Hall–Kier alpha value is -2.89. The first kappa shape index (κ1) is 75.1. The van der Waals surface area contributed by atoms with E-state index >= 15 is 0 Å². The maximum atomic E-state index is 12.9. The second-order valence-electron chi connectivity index (χ2n) is 23.1. The van der Waals surface area contributed by atoms with Crippen LogP contribution >= 0.6 is 0 Å². The van der Waals surface area contributed by atoms with Gasteiger partial charge in [0.15, 0.2) is 6.10 Å². The fourth-order valence-electron chi connectivity index (χ4n) is 10.2. The Balaban J connectivity index is 4.32. The average molecular weight is 1090 g/mol. The number of allylic oxidation sites excluding steroid dienone is 9. The molecule has 0 amide bonds. The predicted octanol–water partition coefficient (Wildman–Crippen LogP) is 23.5. The molecule has 0 aliphatic heterocycles. The number of hydrogen-bond donors (Lipinski definition) is 0. The fourth-order valence-corrected chi connectivity index (χ4v) is 10.2. The monoisotopic (exact) mass is 1090 g/mol. The molecular formula is C72H130O6. The van der Waals surface area contributed by atoms with Crippen molar-refractivity contribution >= 4 is 17.9 Å². The Morgan fingerprint density at radius 1 is 0.269 bits per heavy atom. The molecule has 0 bridgehead atoms. The maximum absolute atomic E-state index is 12.9. The van der Waals surface area contributed by atoms with Gasteiger partial charge in [-0.1, -0.05) is 358 Å². The summed E-state index contributed by atoms with van der Waals surface area (Å²) in [5, 5.41) is 0. The third-order valence-electron chi connectivity index (χ3n) is 15.3. The largest absolute Gasteiger partial charge is 0.462 e. The average Bonchev–Trinajstić information content (AvgIpc) is 3.44. The van der Waals surface area contributed by atoms with Gasteiger partial charge in [0.1, 0.15) is 13.2 Å². The smallest absolute Gasteiger partial charge is 0.309 e. The standard InChI is InChI=1S/C72H130O6/c1-4-7-10-13-16-19-22-25-28-30-32-34-35-36-37-38-40-41-44-47-50-53-56-59-62-65-71(74)77-68-69(67-76-70(73)64-61-58-55-52-49-46-43-27-24-21-18-15-12-9-6-3)78-72(75)66-63-60-57-54-51-48-45-42-39-33-31-29-26-23-20-17-14-11-8-5-2/h9,12,18,21,27,43,49,52,58,61,69H,4-8,10-11,13-17,19-20,22-26,28-42,44-48,50-51,53-57,59-60,62-68H2,1-3H3/b12-9-,21-18-,43-27-,52-49-,61-58-. The zero-order chi connectivity index (χ0) is 56.4. The molecule has 0 spiro atoms. The van der Waals surface area contributed by atoms with Crippen molar-refractivity contribution in [3.8, 4) is 0 Å². The van der Waals surface area contributed by atoms with Crippen molar-refractivity contribution in [2.24, 2.45) is 0 Å². The van der Waals surface area contributed by atoms with Crippen LogP contribution in [0.15, 0.2) is 60.8 Å². The van der Waals surface area contributed by atoms with Crippen LogP contribution in [0.5, 0.6) is 0 Å². The van der Waals surface area contributed by atoms with Crippen molar-refractivity contribution in [2.75, 3.05) is 13.2 Å². The molecule has 6 heteroatoms. The molecule has 0 rings (SSSR count). The van der Waals surface area contributed by atoms with Crippen molar-refractivity contribution in [3.63, 3.8) is 0 Å². The second-order valence-corrected chi connectivity index (χ2v) is 23.1. The van der Waals surface area contributed by atoms with Crippen LogP contribution in [0.1, 0.15) is 361 Å². The number of esters is 3. The Kier molecular flexibility index (Phi) is 64.2. The predicted molar refractivity (Wildman–Crippen MR) is 339 cm³/mol. The lowest BCUT2D eigenvalue weighted by molar-refractivity contribution is -0.166. The molecule has 454 valence electrons. The molecule has 0 saturated carbocycles. The van der Waals surface area contributed by atoms with Crippen LogP contribution in [0.2, 0.25) is 0 Å². The molecule has 6 nitrogen and oxygen atoms in total. The lowest BCUT2D eigenvalue weighted by Crippen LogP contribution is -2.30. The zero-order valence-electron chi connectivity index (χ0n) is 52.2. The van der Waals surface area contributed by atoms with Crippen LogP contribution in [0.4, 0.5) is 0 Å². The highest BCUT2D eigenvalue weighted by Crippen LogP contribution is 2.18. The van der Waals surface area contributed by atoms with Gasteiger partial charge in [0.05, 0.1) is 6.42 Å². The number of carbonyl (C=O) groups is 3. The number of ether oxygens (including phenoxy) is 3. The minimum absolute atomic E-state index is 0.0990. The number of rotatable bonds is 63. The Morgan fingerprint density at radius 2 is 0.500 bits per heavy atom. The SMILES string of the molecule is CC/C=C\C/C=C\C/C=C\C/C=C\C/C=C\CC(=O)OCC(COC(=O)CCCCCCCCCCCCCCCCCCCCCCCCCCC)OC(=O)CCCCCCCCCCCCCCCCCCCCCC. The quantitative estimate of drug-likeness (QED) is 0.0261. The summed E-state index contributed by atoms with van der Waals surface area (Å²) in [6.45, 7) is 6.51. The van der Waals surface area contributed by atoms with E-state index in [1.807, 2.05) is 12.2 Å². The van der Waals surface area contributed by atoms with E-state index in [0.29, 0.717) is 12.8 Å². The van der Waals surface area contributed by atoms with Gasteiger partial charge in [0, 0.05) is 12.8 Å². The molecule has 0 fully saturated rings. The van der Waals surface area contributed by atoms with Gasteiger partial charge in [-0.3, -0.25) is 14.4 Å². The lowest BCUT2D eigenvalue weighted by atomic mass is 10.0. The highest BCUT2D eigenvalue weighted by molar-refractivity contribution is 5.72. The Morgan fingerprint density at radius 3 is 0.782 bits per heavy atom. The molecule has 0 aromatic rings. The summed E-state index contributed by atoms with van der Waals surface area (Å²) in [5.41, 5.74) is 0. The topological polar surface area (TPSA) is 78.9 Å². The molecule has 0 aromatic carbocycles. The molecule has 0 N–H and O–H groups in total. The van der Waals surface area contributed by atoms with E-state index in [9.17, 15) is 14.4 Å². The van der Waals surface area contributed by atoms with E-state index in [1.54, 1.807) is 0 Å². The molecule has 0 saturated heterocycles. The molecule has 0 heterocycles. The first-order valence-electron chi connectivity index (χ1n) is 34.3. The van der Waals surface area contributed by atoms with Crippen molar-refractivity contribution < 1.29 is 28.6 Å². The first-order valence-corrected chi connectivity index (χ1v) is 34.3. The van der Waals surface area contributed by atoms with Gasteiger partial charge in [0.2, 0.25) is 0 Å². The summed E-state index contributed by atoms with van der Waals surface area (Å²) in [4.78, 5) is 38.3. The van der Waals surface area contributed by atoms with Crippen molar-refractivity contribution in [1.29, 1.82) is 0 Å². The van der Waals surface area contributed by atoms with Crippen molar-refractivity contribution in [2.45, 2.75) is 367 Å². The van der Waals surface area contributed by atoms with Crippen LogP contribution in [0, 0.1) is 0 Å². The van der Waals surface area contributed by atoms with Gasteiger partial charge < -0.3 is 14.2 Å². The third kappa shape index (κ3) is 63.9. The lowest BCUT2D eigenvalue weighted by Gasteiger charge is -2.18. The summed E-state index contributed by atoms with van der Waals surface area (Å²) in [6, 6.07) is 0. The van der Waals surface area contributed by atoms with Crippen LogP contribution in [-0.2, 0) is 28.6 Å². The van der Waals surface area contributed by atoms with Gasteiger partial charge >= 0.3 is 17.9 Å². The van der Waals surface area contributed by atoms with Crippen LogP contribution in [0.25, 0.3) is 0 Å². The molecule has 1 atom stereocenters. The van der Waals surface area contributed by atoms with E-state index in [0.717, 1.165) is 70.6 Å². The molecule has 78 heavy (non-hydrogen) atoms. The molecular weight excluding hydrogens is 961 g/mol. The fraction of sp³-hybridized carbons (Fsp3) is 0.819. The molecule has 0 aliphatic carbocycles. The number of hydrogen-bond acceptors (Lipinski definition) is 6. The van der Waals surface area contributed by atoms with E-state index in [1.165, 1.54) is 250 Å². The van der Waals surface area contributed by atoms with E-state index < -0.39 is 12.1 Å². The Labute approximate surface area is 485 Å². The highest BCUT2D eigenvalue weighted by Gasteiger charge is 2.19. The molecule has 1 unspecified atom stereocenters. The molecule has 0 aliphatic rings. The summed E-state index contributed by atoms with van der Waals surface area (Å²) in [6.07, 6.45) is 85.7.